The van der Waals surface area contributed by atoms with Crippen LogP contribution in [0.15, 0.2) is 16.6 Å². The van der Waals surface area contributed by atoms with Gasteiger partial charge in [0.25, 0.3) is 0 Å². The monoisotopic (exact) mass is 327 g/mol. The molecule has 0 amide bonds. The quantitative estimate of drug-likeness (QED) is 0.859. The molecule has 3 nitrogen and oxygen atoms in total. The number of ether oxygens (including phenoxy) is 2. The minimum atomic E-state index is 0.328. The second-order valence-corrected chi connectivity index (χ2v) is 6.14. The third kappa shape index (κ3) is 2.75. The molecule has 4 heteroatoms. The Bertz CT molecular complexity index is 458. The van der Waals surface area contributed by atoms with E-state index in [0.29, 0.717) is 11.5 Å². The van der Waals surface area contributed by atoms with Crippen LogP contribution in [0.1, 0.15) is 38.3 Å². The van der Waals surface area contributed by atoms with Crippen LogP contribution >= 0.6 is 15.9 Å². The molecule has 2 rings (SSSR count). The van der Waals surface area contributed by atoms with Crippen molar-refractivity contribution >= 4 is 15.9 Å². The maximum Gasteiger partial charge on any atom is 0.141 e. The van der Waals surface area contributed by atoms with Crippen molar-refractivity contribution in [2.45, 2.75) is 32.7 Å². The lowest BCUT2D eigenvalue weighted by Crippen LogP contribution is -2.28. The van der Waals surface area contributed by atoms with E-state index in [1.807, 2.05) is 6.07 Å². The maximum absolute atomic E-state index is 5.60. The number of halogens is 1. The summed E-state index contributed by atoms with van der Waals surface area (Å²) in [4.78, 5) is 0. The molecule has 0 radical (unpaired) electrons. The van der Waals surface area contributed by atoms with E-state index in [4.69, 9.17) is 9.47 Å². The largest absolute Gasteiger partial charge is 0.495 e. The fraction of sp³-hybridized carbons (Fsp3) is 0.600. The highest BCUT2D eigenvalue weighted by Gasteiger charge is 2.46. The summed E-state index contributed by atoms with van der Waals surface area (Å²) in [6, 6.07) is 4.44. The van der Waals surface area contributed by atoms with Gasteiger partial charge in [0, 0.05) is 11.6 Å². The molecule has 0 saturated heterocycles. The topological polar surface area (TPSA) is 30.5 Å². The second-order valence-electron chi connectivity index (χ2n) is 5.35. The minimum absolute atomic E-state index is 0.328. The second kappa shape index (κ2) is 5.71. The summed E-state index contributed by atoms with van der Waals surface area (Å²) < 4.78 is 11.8. The number of rotatable bonds is 6. The maximum atomic E-state index is 5.60. The van der Waals surface area contributed by atoms with Gasteiger partial charge in [0.2, 0.25) is 0 Å². The van der Waals surface area contributed by atoms with Gasteiger partial charge in [0.15, 0.2) is 0 Å². The first-order valence-corrected chi connectivity index (χ1v) is 7.50. The summed E-state index contributed by atoms with van der Waals surface area (Å²) in [6.07, 6.45) is 2.52. The molecular formula is C15H22BrNO2. The third-order valence-corrected chi connectivity index (χ3v) is 4.72. The van der Waals surface area contributed by atoms with Crippen LogP contribution in [-0.2, 0) is 0 Å². The summed E-state index contributed by atoms with van der Waals surface area (Å²) in [6.45, 7) is 5.43. The molecule has 1 atom stereocenters. The van der Waals surface area contributed by atoms with Crippen LogP contribution in [0, 0.1) is 5.41 Å². The molecule has 0 aliphatic heterocycles. The highest BCUT2D eigenvalue weighted by atomic mass is 79.9. The Morgan fingerprint density at radius 2 is 2.00 bits per heavy atom. The van der Waals surface area contributed by atoms with Crippen LogP contribution in [0.3, 0.4) is 0 Å². The van der Waals surface area contributed by atoms with Gasteiger partial charge in [-0.2, -0.15) is 0 Å². The lowest BCUT2D eigenvalue weighted by molar-refractivity contribution is 0.342. The normalized spacial score (nSPS) is 17.9. The molecule has 1 aliphatic carbocycles. The van der Waals surface area contributed by atoms with Crippen molar-refractivity contribution in [3.8, 4) is 11.5 Å². The molecular weight excluding hydrogens is 306 g/mol. The van der Waals surface area contributed by atoms with Crippen LogP contribution in [0.2, 0.25) is 0 Å². The Balaban J connectivity index is 2.44. The summed E-state index contributed by atoms with van der Waals surface area (Å²) in [5.41, 5.74) is 1.55. The molecule has 1 fully saturated rings. The highest BCUT2D eigenvalue weighted by molar-refractivity contribution is 9.10. The smallest absolute Gasteiger partial charge is 0.141 e. The summed E-state index contributed by atoms with van der Waals surface area (Å²) >= 11 is 3.58. The van der Waals surface area contributed by atoms with Gasteiger partial charge < -0.3 is 14.8 Å². The molecule has 1 aromatic carbocycles. The van der Waals surface area contributed by atoms with E-state index in [1.54, 1.807) is 14.2 Å². The Hall–Kier alpha value is -0.740. The first-order valence-electron chi connectivity index (χ1n) is 6.71. The van der Waals surface area contributed by atoms with E-state index in [1.165, 1.54) is 18.4 Å². The molecule has 1 N–H and O–H groups in total. The highest BCUT2D eigenvalue weighted by Crippen LogP contribution is 2.56. The van der Waals surface area contributed by atoms with Gasteiger partial charge in [-0.05, 0) is 52.9 Å². The fourth-order valence-electron chi connectivity index (χ4n) is 2.57. The molecule has 1 unspecified atom stereocenters. The van der Waals surface area contributed by atoms with Crippen LogP contribution < -0.4 is 14.8 Å². The van der Waals surface area contributed by atoms with Gasteiger partial charge in [-0.1, -0.05) is 13.8 Å². The van der Waals surface area contributed by atoms with Gasteiger partial charge in [-0.15, -0.1) is 0 Å². The first kappa shape index (κ1) is 14.7. The van der Waals surface area contributed by atoms with E-state index in [0.717, 1.165) is 22.5 Å². The SMILES string of the molecule is CCNC(c1ccc(OC)c(Br)c1OC)C1(C)CC1. The zero-order chi connectivity index (χ0) is 14.0. The van der Waals surface area contributed by atoms with Crippen LogP contribution in [0.4, 0.5) is 0 Å². The molecule has 1 saturated carbocycles. The number of hydrogen-bond donors (Lipinski definition) is 1. The van der Waals surface area contributed by atoms with Crippen molar-refractivity contribution in [3.05, 3.63) is 22.2 Å². The van der Waals surface area contributed by atoms with E-state index in [9.17, 15) is 0 Å². The molecule has 0 bridgehead atoms. The first-order chi connectivity index (χ1) is 9.07. The molecule has 1 aromatic rings. The molecule has 19 heavy (non-hydrogen) atoms. The predicted molar refractivity (Wildman–Crippen MR) is 81.0 cm³/mol. The van der Waals surface area contributed by atoms with E-state index in [-0.39, 0.29) is 0 Å². The lowest BCUT2D eigenvalue weighted by Gasteiger charge is -2.27. The molecule has 106 valence electrons. The summed E-state index contributed by atoms with van der Waals surface area (Å²) in [5.74, 6) is 1.68. The molecule has 0 spiro atoms. The van der Waals surface area contributed by atoms with Gasteiger partial charge in [0.05, 0.1) is 14.2 Å². The van der Waals surface area contributed by atoms with Gasteiger partial charge in [0.1, 0.15) is 16.0 Å². The molecule has 0 aromatic heterocycles. The molecule has 1 aliphatic rings. The number of nitrogens with one attached hydrogen (secondary N) is 1. The summed E-state index contributed by atoms with van der Waals surface area (Å²) in [7, 11) is 3.38. The zero-order valence-corrected chi connectivity index (χ0v) is 13.6. The Morgan fingerprint density at radius 1 is 1.32 bits per heavy atom. The van der Waals surface area contributed by atoms with E-state index in [2.05, 4.69) is 41.2 Å². The van der Waals surface area contributed by atoms with Crippen molar-refractivity contribution in [2.24, 2.45) is 5.41 Å². The Labute approximate surface area is 123 Å². The van der Waals surface area contributed by atoms with E-state index >= 15 is 0 Å². The van der Waals surface area contributed by atoms with Crippen molar-refractivity contribution in [3.63, 3.8) is 0 Å². The standard InChI is InChI=1S/C15H22BrNO2/c1-5-17-14(15(2)8-9-15)10-6-7-11(18-3)12(16)13(10)19-4/h6-7,14,17H,5,8-9H2,1-4H3. The fourth-order valence-corrected chi connectivity index (χ4v) is 3.25. The minimum Gasteiger partial charge on any atom is -0.495 e. The summed E-state index contributed by atoms with van der Waals surface area (Å²) in [5, 5.41) is 3.60. The van der Waals surface area contributed by atoms with Crippen LogP contribution in [-0.4, -0.2) is 20.8 Å². The third-order valence-electron chi connectivity index (χ3n) is 3.97. The van der Waals surface area contributed by atoms with Crippen molar-refractivity contribution in [1.29, 1.82) is 0 Å². The van der Waals surface area contributed by atoms with Crippen LogP contribution in [0.25, 0.3) is 0 Å². The average molecular weight is 328 g/mol. The van der Waals surface area contributed by atoms with Crippen molar-refractivity contribution in [2.75, 3.05) is 20.8 Å². The average Bonchev–Trinajstić information content (AvgIpc) is 3.14. The van der Waals surface area contributed by atoms with E-state index < -0.39 is 0 Å². The van der Waals surface area contributed by atoms with Crippen molar-refractivity contribution in [1.82, 2.24) is 5.32 Å². The molecule has 0 heterocycles. The number of methoxy groups -OCH3 is 2. The Kier molecular flexibility index (Phi) is 4.41. The van der Waals surface area contributed by atoms with Gasteiger partial charge >= 0.3 is 0 Å². The zero-order valence-electron chi connectivity index (χ0n) is 12.0. The lowest BCUT2D eigenvalue weighted by atomic mass is 9.91. The van der Waals surface area contributed by atoms with Crippen LogP contribution in [0.5, 0.6) is 11.5 Å². The number of benzene rings is 1. The Morgan fingerprint density at radius 3 is 2.47 bits per heavy atom. The van der Waals surface area contributed by atoms with Crippen molar-refractivity contribution < 1.29 is 9.47 Å². The predicted octanol–water partition coefficient (Wildman–Crippen LogP) is 3.92. The number of hydrogen-bond acceptors (Lipinski definition) is 3. The van der Waals surface area contributed by atoms with Gasteiger partial charge in [-0.3, -0.25) is 0 Å². The van der Waals surface area contributed by atoms with Gasteiger partial charge in [-0.25, -0.2) is 0 Å².